The van der Waals surface area contributed by atoms with Gasteiger partial charge < -0.3 is 4.90 Å². The molecule has 0 aliphatic rings. The van der Waals surface area contributed by atoms with Gasteiger partial charge in [0.15, 0.2) is 0 Å². The lowest BCUT2D eigenvalue weighted by atomic mass is 10.1. The molecule has 1 heterocycles. The SMILES string of the molecule is CCN(c1cccc(C)c1)c1cc(C)nc(C)c1C#N. The number of rotatable bonds is 3. The Kier molecular flexibility index (Phi) is 4.05. The smallest absolute Gasteiger partial charge is 0.103 e. The van der Waals surface area contributed by atoms with E-state index in [2.05, 4.69) is 48.0 Å². The van der Waals surface area contributed by atoms with Crippen LogP contribution in [-0.4, -0.2) is 11.5 Å². The fraction of sp³-hybridized carbons (Fsp3) is 0.294. The summed E-state index contributed by atoms with van der Waals surface area (Å²) in [5, 5.41) is 9.42. The van der Waals surface area contributed by atoms with Crippen molar-refractivity contribution in [2.45, 2.75) is 27.7 Å². The highest BCUT2D eigenvalue weighted by molar-refractivity contribution is 5.70. The molecule has 0 amide bonds. The van der Waals surface area contributed by atoms with Crippen molar-refractivity contribution in [3.8, 4) is 6.07 Å². The highest BCUT2D eigenvalue weighted by Gasteiger charge is 2.15. The van der Waals surface area contributed by atoms with Crippen LogP contribution in [0.25, 0.3) is 0 Å². The van der Waals surface area contributed by atoms with Gasteiger partial charge in [-0.05, 0) is 51.5 Å². The van der Waals surface area contributed by atoms with Gasteiger partial charge in [-0.1, -0.05) is 12.1 Å². The molecule has 0 saturated carbocycles. The molecule has 0 spiro atoms. The van der Waals surface area contributed by atoms with Gasteiger partial charge in [0.25, 0.3) is 0 Å². The van der Waals surface area contributed by atoms with E-state index in [9.17, 15) is 5.26 Å². The molecule has 3 heteroatoms. The fourth-order valence-electron chi connectivity index (χ4n) is 2.45. The summed E-state index contributed by atoms with van der Waals surface area (Å²) in [5.74, 6) is 0. The molecular weight excluding hydrogens is 246 g/mol. The maximum absolute atomic E-state index is 9.42. The number of anilines is 2. The fourth-order valence-corrected chi connectivity index (χ4v) is 2.45. The largest absolute Gasteiger partial charge is 0.341 e. The highest BCUT2D eigenvalue weighted by atomic mass is 15.1. The summed E-state index contributed by atoms with van der Waals surface area (Å²) in [6, 6.07) is 12.6. The molecular formula is C17H19N3. The topological polar surface area (TPSA) is 39.9 Å². The molecule has 0 fully saturated rings. The summed E-state index contributed by atoms with van der Waals surface area (Å²) in [6.45, 7) is 8.82. The third-order valence-corrected chi connectivity index (χ3v) is 3.34. The van der Waals surface area contributed by atoms with Crippen LogP contribution < -0.4 is 4.90 Å². The zero-order chi connectivity index (χ0) is 14.7. The number of aromatic nitrogens is 1. The third kappa shape index (κ3) is 2.65. The molecule has 1 aromatic heterocycles. The Morgan fingerprint density at radius 1 is 1.20 bits per heavy atom. The van der Waals surface area contributed by atoms with Gasteiger partial charge in [-0.3, -0.25) is 4.98 Å². The Morgan fingerprint density at radius 2 is 1.95 bits per heavy atom. The minimum Gasteiger partial charge on any atom is -0.341 e. The van der Waals surface area contributed by atoms with Crippen LogP contribution in [0, 0.1) is 32.1 Å². The Bertz CT molecular complexity index is 668. The first-order chi connectivity index (χ1) is 9.56. The first-order valence-electron chi connectivity index (χ1n) is 6.79. The molecule has 1 aromatic carbocycles. The van der Waals surface area contributed by atoms with Crippen molar-refractivity contribution >= 4 is 11.4 Å². The molecule has 0 aliphatic heterocycles. The van der Waals surface area contributed by atoms with E-state index in [1.54, 1.807) is 0 Å². The number of hydrogen-bond donors (Lipinski definition) is 0. The van der Waals surface area contributed by atoms with Gasteiger partial charge in [-0.2, -0.15) is 5.26 Å². The summed E-state index contributed by atoms with van der Waals surface area (Å²) >= 11 is 0. The quantitative estimate of drug-likeness (QED) is 0.841. The minimum atomic E-state index is 0.652. The molecule has 0 unspecified atom stereocenters. The summed E-state index contributed by atoms with van der Waals surface area (Å²) in [5.41, 5.74) is 5.62. The maximum atomic E-state index is 9.42. The average molecular weight is 265 g/mol. The minimum absolute atomic E-state index is 0.652. The summed E-state index contributed by atoms with van der Waals surface area (Å²) < 4.78 is 0. The van der Waals surface area contributed by atoms with E-state index >= 15 is 0 Å². The van der Waals surface area contributed by atoms with E-state index in [4.69, 9.17) is 0 Å². The number of pyridine rings is 1. The van der Waals surface area contributed by atoms with Crippen LogP contribution in [0.15, 0.2) is 30.3 Å². The maximum Gasteiger partial charge on any atom is 0.103 e. The first-order valence-corrected chi connectivity index (χ1v) is 6.79. The Hall–Kier alpha value is -2.34. The lowest BCUT2D eigenvalue weighted by Gasteiger charge is -2.25. The second-order valence-electron chi connectivity index (χ2n) is 4.94. The molecule has 0 atom stereocenters. The Morgan fingerprint density at radius 3 is 2.55 bits per heavy atom. The molecule has 20 heavy (non-hydrogen) atoms. The zero-order valence-corrected chi connectivity index (χ0v) is 12.4. The van der Waals surface area contributed by atoms with Gasteiger partial charge in [0.05, 0.1) is 16.9 Å². The number of aryl methyl sites for hydroxylation is 3. The number of hydrogen-bond acceptors (Lipinski definition) is 3. The summed E-state index contributed by atoms with van der Waals surface area (Å²) in [6.07, 6.45) is 0. The molecule has 0 saturated heterocycles. The second-order valence-corrected chi connectivity index (χ2v) is 4.94. The lowest BCUT2D eigenvalue weighted by Crippen LogP contribution is -2.18. The number of benzene rings is 1. The standard InChI is InChI=1S/C17H19N3/c1-5-20(15-8-6-7-12(2)9-15)17-10-13(3)19-14(4)16(17)11-18/h6-10H,5H2,1-4H3. The Balaban J connectivity index is 2.61. The molecule has 3 nitrogen and oxygen atoms in total. The van der Waals surface area contributed by atoms with Crippen molar-refractivity contribution < 1.29 is 0 Å². The average Bonchev–Trinajstić information content (AvgIpc) is 2.39. The molecule has 0 bridgehead atoms. The van der Waals surface area contributed by atoms with Crippen molar-refractivity contribution in [1.29, 1.82) is 5.26 Å². The van der Waals surface area contributed by atoms with Crippen molar-refractivity contribution in [3.63, 3.8) is 0 Å². The summed E-state index contributed by atoms with van der Waals surface area (Å²) in [4.78, 5) is 6.54. The van der Waals surface area contributed by atoms with E-state index in [1.165, 1.54) is 5.56 Å². The van der Waals surface area contributed by atoms with Gasteiger partial charge in [-0.15, -0.1) is 0 Å². The van der Waals surface area contributed by atoms with Gasteiger partial charge >= 0.3 is 0 Å². The van der Waals surface area contributed by atoms with Crippen molar-refractivity contribution in [2.24, 2.45) is 0 Å². The zero-order valence-electron chi connectivity index (χ0n) is 12.4. The Labute approximate surface area is 120 Å². The van der Waals surface area contributed by atoms with Crippen LogP contribution in [0.1, 0.15) is 29.4 Å². The van der Waals surface area contributed by atoms with E-state index in [0.29, 0.717) is 5.56 Å². The van der Waals surface area contributed by atoms with Gasteiger partial charge in [-0.25, -0.2) is 0 Å². The van der Waals surface area contributed by atoms with Crippen LogP contribution in [0.3, 0.4) is 0 Å². The normalized spacial score (nSPS) is 10.2. The van der Waals surface area contributed by atoms with Crippen molar-refractivity contribution in [2.75, 3.05) is 11.4 Å². The van der Waals surface area contributed by atoms with Crippen LogP contribution in [0.5, 0.6) is 0 Å². The molecule has 0 aliphatic carbocycles. The van der Waals surface area contributed by atoms with E-state index in [0.717, 1.165) is 29.3 Å². The van der Waals surface area contributed by atoms with Crippen LogP contribution in [0.4, 0.5) is 11.4 Å². The van der Waals surface area contributed by atoms with Crippen LogP contribution >= 0.6 is 0 Å². The van der Waals surface area contributed by atoms with Crippen LogP contribution in [0.2, 0.25) is 0 Å². The van der Waals surface area contributed by atoms with Gasteiger partial charge in [0.2, 0.25) is 0 Å². The third-order valence-electron chi connectivity index (χ3n) is 3.34. The highest BCUT2D eigenvalue weighted by Crippen LogP contribution is 2.30. The monoisotopic (exact) mass is 265 g/mol. The van der Waals surface area contributed by atoms with E-state index in [-0.39, 0.29) is 0 Å². The van der Waals surface area contributed by atoms with Crippen molar-refractivity contribution in [1.82, 2.24) is 4.98 Å². The second kappa shape index (κ2) is 5.75. The predicted octanol–water partition coefficient (Wildman–Crippen LogP) is 4.04. The van der Waals surface area contributed by atoms with Crippen molar-refractivity contribution in [3.05, 3.63) is 52.8 Å². The molecule has 0 radical (unpaired) electrons. The van der Waals surface area contributed by atoms with Crippen LogP contribution in [-0.2, 0) is 0 Å². The van der Waals surface area contributed by atoms with Gasteiger partial charge in [0.1, 0.15) is 6.07 Å². The predicted molar refractivity (Wildman–Crippen MR) is 82.3 cm³/mol. The van der Waals surface area contributed by atoms with E-state index < -0.39 is 0 Å². The first kappa shape index (κ1) is 14.1. The number of nitrogens with zero attached hydrogens (tertiary/aromatic N) is 3. The van der Waals surface area contributed by atoms with Gasteiger partial charge in [0, 0.05) is 17.9 Å². The van der Waals surface area contributed by atoms with E-state index in [1.807, 2.05) is 26.0 Å². The number of nitriles is 1. The molecule has 2 aromatic rings. The molecule has 0 N–H and O–H groups in total. The lowest BCUT2D eigenvalue weighted by molar-refractivity contribution is 0.997. The molecule has 2 rings (SSSR count). The summed E-state index contributed by atoms with van der Waals surface area (Å²) in [7, 11) is 0. The molecule has 102 valence electrons.